The molecule has 2 heterocycles. The number of fused-ring (bicyclic) bond motifs is 1. The number of imidazole rings is 1. The van der Waals surface area contributed by atoms with Crippen LogP contribution in [0.1, 0.15) is 37.8 Å². The van der Waals surface area contributed by atoms with Crippen molar-refractivity contribution in [3.8, 4) is 17.5 Å². The molecular formula is C23H27ClN6O2. The van der Waals surface area contributed by atoms with E-state index in [1.807, 2.05) is 23.7 Å². The van der Waals surface area contributed by atoms with Gasteiger partial charge in [-0.2, -0.15) is 5.26 Å². The lowest BCUT2D eigenvalue weighted by Crippen LogP contribution is -2.45. The predicted molar refractivity (Wildman–Crippen MR) is 124 cm³/mol. The van der Waals surface area contributed by atoms with Gasteiger partial charge in [0.05, 0.1) is 47.1 Å². The number of hydrogen-bond acceptors (Lipinski definition) is 6. The van der Waals surface area contributed by atoms with Crippen LogP contribution in [0.3, 0.4) is 0 Å². The maximum Gasteiger partial charge on any atom is 0.234 e. The van der Waals surface area contributed by atoms with Crippen molar-refractivity contribution in [1.82, 2.24) is 19.9 Å². The fourth-order valence-electron chi connectivity index (χ4n) is 3.63. The van der Waals surface area contributed by atoms with E-state index in [1.165, 1.54) is 0 Å². The molecule has 4 N–H and O–H groups in total. The molecule has 9 heteroatoms. The number of pyridine rings is 1. The Kier molecular flexibility index (Phi) is 7.14. The van der Waals surface area contributed by atoms with E-state index in [9.17, 15) is 9.90 Å². The summed E-state index contributed by atoms with van der Waals surface area (Å²) in [4.78, 5) is 20.9. The maximum absolute atomic E-state index is 12.0. The summed E-state index contributed by atoms with van der Waals surface area (Å²) in [7, 11) is 1.89. The average molecular weight is 455 g/mol. The molecule has 0 fully saturated rings. The highest BCUT2D eigenvalue weighted by Gasteiger charge is 2.24. The lowest BCUT2D eigenvalue weighted by atomic mass is 9.97. The fourth-order valence-corrected chi connectivity index (χ4v) is 3.88. The molecule has 0 bridgehead atoms. The number of carbonyl (C=O) groups excluding carboxylic acids is 1. The van der Waals surface area contributed by atoms with E-state index in [4.69, 9.17) is 27.6 Å². The van der Waals surface area contributed by atoms with Crippen LogP contribution < -0.4 is 11.1 Å². The summed E-state index contributed by atoms with van der Waals surface area (Å²) in [5.41, 5.74) is 8.51. The fraction of sp³-hybridized carbons (Fsp3) is 0.391. The first-order chi connectivity index (χ1) is 15.1. The number of benzene rings is 1. The zero-order chi connectivity index (χ0) is 23.5. The number of amides is 1. The number of rotatable bonds is 9. The highest BCUT2D eigenvalue weighted by atomic mass is 35.5. The van der Waals surface area contributed by atoms with Crippen molar-refractivity contribution in [3.05, 3.63) is 46.9 Å². The minimum Gasteiger partial charge on any atom is -0.390 e. The second kappa shape index (κ2) is 9.65. The molecule has 3 aromatic rings. The number of nitrogens with zero attached hydrogens (tertiary/aromatic N) is 4. The van der Waals surface area contributed by atoms with Gasteiger partial charge in [-0.15, -0.1) is 0 Å². The van der Waals surface area contributed by atoms with E-state index in [0.29, 0.717) is 35.6 Å². The van der Waals surface area contributed by atoms with Crippen molar-refractivity contribution in [1.29, 1.82) is 5.26 Å². The molecule has 1 aromatic carbocycles. The van der Waals surface area contributed by atoms with Gasteiger partial charge < -0.3 is 20.7 Å². The summed E-state index contributed by atoms with van der Waals surface area (Å²) < 4.78 is 1.87. The van der Waals surface area contributed by atoms with Crippen LogP contribution in [-0.4, -0.2) is 37.2 Å². The van der Waals surface area contributed by atoms with Gasteiger partial charge in [0.2, 0.25) is 5.91 Å². The van der Waals surface area contributed by atoms with Gasteiger partial charge in [0.1, 0.15) is 0 Å². The number of halogens is 1. The highest BCUT2D eigenvalue weighted by Crippen LogP contribution is 2.30. The smallest absolute Gasteiger partial charge is 0.234 e. The Hall–Kier alpha value is -2.99. The van der Waals surface area contributed by atoms with Crippen LogP contribution in [-0.2, 0) is 24.8 Å². The van der Waals surface area contributed by atoms with Gasteiger partial charge in [0, 0.05) is 30.4 Å². The Morgan fingerprint density at radius 1 is 1.38 bits per heavy atom. The summed E-state index contributed by atoms with van der Waals surface area (Å²) in [6.45, 7) is 3.60. The summed E-state index contributed by atoms with van der Waals surface area (Å²) in [5.74, 6) is -0.532. The van der Waals surface area contributed by atoms with Crippen molar-refractivity contribution in [2.75, 3.05) is 0 Å². The summed E-state index contributed by atoms with van der Waals surface area (Å²) >= 11 is 6.47. The number of aromatic nitrogens is 3. The molecule has 0 aliphatic rings. The summed E-state index contributed by atoms with van der Waals surface area (Å²) in [5, 5.41) is 23.7. The van der Waals surface area contributed by atoms with Crippen LogP contribution in [0.25, 0.3) is 22.3 Å². The standard InChI is InChI=1S/C23H27ClN6O2/c1-23(2,32)10-20(22(26)31)28-11-15-8-19(21-12-27-13-30(21)3)29-18-9-17(24)14(5-4-6-25)7-16(15)18/h7-9,12-13,20,28,32H,4-5,10-11H2,1-3H3,(H2,26,31)/t20-/m0/s1. The van der Waals surface area contributed by atoms with Crippen LogP contribution in [0.15, 0.2) is 30.7 Å². The number of nitrogens with two attached hydrogens (primary N) is 1. The first kappa shape index (κ1) is 23.7. The maximum atomic E-state index is 12.0. The Labute approximate surface area is 192 Å². The average Bonchev–Trinajstić information content (AvgIpc) is 3.14. The van der Waals surface area contributed by atoms with Crippen molar-refractivity contribution >= 4 is 28.4 Å². The molecule has 1 atom stereocenters. The van der Waals surface area contributed by atoms with Crippen molar-refractivity contribution < 1.29 is 9.90 Å². The Balaban J connectivity index is 2.07. The largest absolute Gasteiger partial charge is 0.390 e. The molecule has 0 aliphatic carbocycles. The summed E-state index contributed by atoms with van der Waals surface area (Å²) in [6.07, 6.45) is 4.50. The number of nitrogens with one attached hydrogen (secondary N) is 1. The molecule has 8 nitrogen and oxygen atoms in total. The van der Waals surface area contributed by atoms with Crippen LogP contribution in [0, 0.1) is 11.3 Å². The third kappa shape index (κ3) is 5.62. The van der Waals surface area contributed by atoms with Gasteiger partial charge in [-0.3, -0.25) is 4.79 Å². The first-order valence-corrected chi connectivity index (χ1v) is 10.7. The van der Waals surface area contributed by atoms with Crippen LogP contribution in [0.2, 0.25) is 5.02 Å². The van der Waals surface area contributed by atoms with Gasteiger partial charge >= 0.3 is 0 Å². The number of aryl methyl sites for hydroxylation is 2. The molecule has 0 radical (unpaired) electrons. The van der Waals surface area contributed by atoms with Crippen molar-refractivity contribution in [2.45, 2.75) is 51.3 Å². The lowest BCUT2D eigenvalue weighted by molar-refractivity contribution is -0.121. The van der Waals surface area contributed by atoms with E-state index < -0.39 is 17.6 Å². The highest BCUT2D eigenvalue weighted by molar-refractivity contribution is 6.32. The van der Waals surface area contributed by atoms with E-state index >= 15 is 0 Å². The molecule has 32 heavy (non-hydrogen) atoms. The zero-order valence-corrected chi connectivity index (χ0v) is 19.1. The molecule has 1 amide bonds. The SMILES string of the molecule is Cn1cncc1-c1cc(CN[C@@H](CC(C)(C)O)C(N)=O)c2cc(CCC#N)c(Cl)cc2n1. The number of carbonyl (C=O) groups is 1. The second-order valence-electron chi connectivity index (χ2n) is 8.53. The van der Waals surface area contributed by atoms with Crippen LogP contribution in [0.5, 0.6) is 0 Å². The minimum atomic E-state index is -1.05. The lowest BCUT2D eigenvalue weighted by Gasteiger charge is -2.24. The van der Waals surface area contributed by atoms with E-state index in [1.54, 1.807) is 32.4 Å². The molecule has 3 rings (SSSR count). The molecule has 168 valence electrons. The van der Waals surface area contributed by atoms with Crippen LogP contribution in [0.4, 0.5) is 0 Å². The van der Waals surface area contributed by atoms with Crippen molar-refractivity contribution in [3.63, 3.8) is 0 Å². The third-order valence-corrected chi connectivity index (χ3v) is 5.59. The molecule has 0 spiro atoms. The van der Waals surface area contributed by atoms with Gasteiger partial charge in [-0.05, 0) is 56.0 Å². The Morgan fingerprint density at radius 3 is 2.72 bits per heavy atom. The van der Waals surface area contributed by atoms with E-state index in [2.05, 4.69) is 16.4 Å². The zero-order valence-electron chi connectivity index (χ0n) is 18.4. The topological polar surface area (TPSA) is 130 Å². The number of nitriles is 1. The second-order valence-corrected chi connectivity index (χ2v) is 8.93. The molecular weight excluding hydrogens is 428 g/mol. The minimum absolute atomic E-state index is 0.180. The van der Waals surface area contributed by atoms with Gasteiger partial charge in [-0.25, -0.2) is 9.97 Å². The third-order valence-electron chi connectivity index (χ3n) is 5.23. The number of primary amides is 1. The first-order valence-electron chi connectivity index (χ1n) is 10.3. The molecule has 0 unspecified atom stereocenters. The summed E-state index contributed by atoms with van der Waals surface area (Å²) in [6, 6.07) is 7.13. The van der Waals surface area contributed by atoms with Crippen LogP contribution >= 0.6 is 11.6 Å². The van der Waals surface area contributed by atoms with Gasteiger partial charge in [0.15, 0.2) is 0 Å². The van der Waals surface area contributed by atoms with Gasteiger partial charge in [-0.1, -0.05) is 11.6 Å². The Bertz CT molecular complexity index is 1180. The Morgan fingerprint density at radius 2 is 2.12 bits per heavy atom. The van der Waals surface area contributed by atoms with E-state index in [-0.39, 0.29) is 6.42 Å². The molecule has 2 aromatic heterocycles. The number of hydrogen-bond donors (Lipinski definition) is 3. The molecule has 0 aliphatic heterocycles. The molecule has 0 saturated carbocycles. The van der Waals surface area contributed by atoms with Gasteiger partial charge in [0.25, 0.3) is 0 Å². The quantitative estimate of drug-likeness (QED) is 0.455. The normalized spacial score (nSPS) is 12.6. The van der Waals surface area contributed by atoms with E-state index in [0.717, 1.165) is 22.2 Å². The monoisotopic (exact) mass is 454 g/mol. The van der Waals surface area contributed by atoms with Crippen molar-refractivity contribution in [2.24, 2.45) is 12.8 Å². The predicted octanol–water partition coefficient (Wildman–Crippen LogP) is 2.85. The molecule has 0 saturated heterocycles. The number of aliphatic hydroxyl groups is 1.